The zero-order valence-corrected chi connectivity index (χ0v) is 19.8. The van der Waals surface area contributed by atoms with Crippen LogP contribution in [0.4, 0.5) is 0 Å². The minimum Gasteiger partial charge on any atom is -0.496 e. The molecule has 5 rings (SSSR count). The van der Waals surface area contributed by atoms with Crippen molar-refractivity contribution in [3.8, 4) is 5.75 Å². The van der Waals surface area contributed by atoms with Crippen LogP contribution < -0.4 is 10.1 Å². The van der Waals surface area contributed by atoms with Crippen molar-refractivity contribution in [2.24, 2.45) is 0 Å². The fourth-order valence-electron chi connectivity index (χ4n) is 5.04. The van der Waals surface area contributed by atoms with Crippen LogP contribution in [-0.4, -0.2) is 45.1 Å². The van der Waals surface area contributed by atoms with Gasteiger partial charge in [0.2, 0.25) is 5.91 Å². The molecule has 174 valence electrons. The molecule has 2 aliphatic rings. The quantitative estimate of drug-likeness (QED) is 0.567. The number of aromatic nitrogens is 3. The highest BCUT2D eigenvalue weighted by molar-refractivity contribution is 5.76. The smallest absolute Gasteiger partial charge is 0.220 e. The number of benzene rings is 1. The molecule has 1 saturated heterocycles. The maximum Gasteiger partial charge on any atom is 0.220 e. The topological polar surface area (TPSA) is 71.8 Å². The highest BCUT2D eigenvalue weighted by Gasteiger charge is 2.29. The average molecular weight is 448 g/mol. The number of amides is 1. The van der Waals surface area contributed by atoms with Crippen molar-refractivity contribution in [3.63, 3.8) is 0 Å². The number of hydrogen-bond acceptors (Lipinski definition) is 5. The molecule has 1 atom stereocenters. The van der Waals surface area contributed by atoms with Gasteiger partial charge in [-0.25, -0.2) is 9.50 Å². The molecule has 1 amide bonds. The molecule has 1 aromatic carbocycles. The Morgan fingerprint density at radius 2 is 2.03 bits per heavy atom. The summed E-state index contributed by atoms with van der Waals surface area (Å²) < 4.78 is 7.53. The largest absolute Gasteiger partial charge is 0.496 e. The van der Waals surface area contributed by atoms with Crippen LogP contribution >= 0.6 is 0 Å². The van der Waals surface area contributed by atoms with Crippen LogP contribution in [0.2, 0.25) is 0 Å². The van der Waals surface area contributed by atoms with Gasteiger partial charge in [0.1, 0.15) is 5.75 Å². The van der Waals surface area contributed by atoms with Crippen LogP contribution in [0.3, 0.4) is 0 Å². The molecular formula is C26H33N5O2. The van der Waals surface area contributed by atoms with E-state index in [9.17, 15) is 4.79 Å². The van der Waals surface area contributed by atoms with Crippen molar-refractivity contribution >= 4 is 11.6 Å². The summed E-state index contributed by atoms with van der Waals surface area (Å²) in [6.45, 7) is 6.02. The first-order valence-electron chi connectivity index (χ1n) is 12.0. The molecule has 0 unspecified atom stereocenters. The lowest BCUT2D eigenvalue weighted by Gasteiger charge is -2.23. The van der Waals surface area contributed by atoms with Crippen LogP contribution in [0.5, 0.6) is 5.75 Å². The number of fused-ring (bicyclic) bond motifs is 1. The summed E-state index contributed by atoms with van der Waals surface area (Å²) in [7, 11) is 1.73. The van der Waals surface area contributed by atoms with Crippen LogP contribution in [0, 0.1) is 13.8 Å². The molecule has 33 heavy (non-hydrogen) atoms. The highest BCUT2D eigenvalue weighted by atomic mass is 16.5. The molecule has 3 heterocycles. The van der Waals surface area contributed by atoms with E-state index in [1.807, 2.05) is 23.6 Å². The number of carbonyl (C=O) groups is 1. The van der Waals surface area contributed by atoms with E-state index in [1.54, 1.807) is 7.11 Å². The summed E-state index contributed by atoms with van der Waals surface area (Å²) in [6.07, 6.45) is 5.66. The number of methoxy groups -OCH3 is 1. The summed E-state index contributed by atoms with van der Waals surface area (Å²) in [5, 5.41) is 8.07. The Balaban J connectivity index is 1.37. The second kappa shape index (κ2) is 9.14. The third-order valence-electron chi connectivity index (χ3n) is 7.00. The number of aryl methyl sites for hydroxylation is 2. The molecule has 2 aromatic heterocycles. The van der Waals surface area contributed by atoms with Crippen LogP contribution in [0.25, 0.3) is 5.65 Å². The SMILES string of the molecule is COc1ccccc1CN1CCC[C@H]1c1cc2nc(C)c(CCC(=O)NC3CC3)c(C)n2n1. The van der Waals surface area contributed by atoms with Gasteiger partial charge < -0.3 is 10.1 Å². The van der Waals surface area contributed by atoms with Crippen molar-refractivity contribution in [2.45, 2.75) is 71.0 Å². The van der Waals surface area contributed by atoms with Crippen LogP contribution in [0.1, 0.15) is 66.4 Å². The lowest BCUT2D eigenvalue weighted by atomic mass is 10.1. The van der Waals surface area contributed by atoms with E-state index in [0.29, 0.717) is 18.9 Å². The maximum absolute atomic E-state index is 12.2. The molecule has 2 fully saturated rings. The fraction of sp³-hybridized carbons (Fsp3) is 0.500. The number of nitrogens with zero attached hydrogens (tertiary/aromatic N) is 4. The minimum absolute atomic E-state index is 0.135. The van der Waals surface area contributed by atoms with E-state index in [-0.39, 0.29) is 11.9 Å². The van der Waals surface area contributed by atoms with E-state index in [0.717, 1.165) is 72.8 Å². The Hall–Kier alpha value is -2.93. The van der Waals surface area contributed by atoms with E-state index in [4.69, 9.17) is 14.8 Å². The Morgan fingerprint density at radius 1 is 1.21 bits per heavy atom. The second-order valence-corrected chi connectivity index (χ2v) is 9.38. The van der Waals surface area contributed by atoms with Gasteiger partial charge in [-0.15, -0.1) is 0 Å². The molecule has 7 heteroatoms. The first-order chi connectivity index (χ1) is 16.0. The maximum atomic E-state index is 12.2. The van der Waals surface area contributed by atoms with Crippen molar-refractivity contribution in [1.82, 2.24) is 24.8 Å². The fourth-order valence-corrected chi connectivity index (χ4v) is 5.04. The van der Waals surface area contributed by atoms with Gasteiger partial charge in [-0.05, 0) is 64.1 Å². The van der Waals surface area contributed by atoms with E-state index in [2.05, 4.69) is 35.3 Å². The summed E-state index contributed by atoms with van der Waals surface area (Å²) in [5.41, 5.74) is 6.35. The first kappa shape index (κ1) is 21.9. The Labute approximate surface area is 195 Å². The van der Waals surface area contributed by atoms with E-state index < -0.39 is 0 Å². The third-order valence-corrected chi connectivity index (χ3v) is 7.00. The lowest BCUT2D eigenvalue weighted by Crippen LogP contribution is -2.25. The second-order valence-electron chi connectivity index (χ2n) is 9.38. The van der Waals surface area contributed by atoms with Crippen molar-refractivity contribution in [2.75, 3.05) is 13.7 Å². The summed E-state index contributed by atoms with van der Waals surface area (Å²) in [4.78, 5) is 19.5. The molecule has 1 saturated carbocycles. The third kappa shape index (κ3) is 4.60. The van der Waals surface area contributed by atoms with Gasteiger partial charge >= 0.3 is 0 Å². The van der Waals surface area contributed by atoms with Crippen molar-refractivity contribution < 1.29 is 9.53 Å². The molecule has 0 radical (unpaired) electrons. The zero-order chi connectivity index (χ0) is 22.9. The molecular weight excluding hydrogens is 414 g/mol. The molecule has 0 bridgehead atoms. The normalized spacial score (nSPS) is 18.7. The molecule has 1 N–H and O–H groups in total. The van der Waals surface area contributed by atoms with E-state index >= 15 is 0 Å². The Bertz CT molecular complexity index is 1170. The molecule has 0 spiro atoms. The van der Waals surface area contributed by atoms with Crippen LogP contribution in [-0.2, 0) is 17.8 Å². The lowest BCUT2D eigenvalue weighted by molar-refractivity contribution is -0.121. The van der Waals surface area contributed by atoms with Gasteiger partial charge in [0.25, 0.3) is 0 Å². The van der Waals surface area contributed by atoms with Gasteiger partial charge in [-0.3, -0.25) is 9.69 Å². The van der Waals surface area contributed by atoms with Crippen molar-refractivity contribution in [3.05, 3.63) is 58.5 Å². The minimum atomic E-state index is 0.135. The number of rotatable bonds is 8. The zero-order valence-electron chi connectivity index (χ0n) is 19.8. The predicted molar refractivity (Wildman–Crippen MR) is 127 cm³/mol. The number of hydrogen-bond donors (Lipinski definition) is 1. The number of likely N-dealkylation sites (tertiary alicyclic amines) is 1. The summed E-state index contributed by atoms with van der Waals surface area (Å²) in [6, 6.07) is 11.0. The Kier molecular flexibility index (Phi) is 6.06. The van der Waals surface area contributed by atoms with Gasteiger partial charge in [-0.1, -0.05) is 18.2 Å². The number of nitrogens with one attached hydrogen (secondary N) is 1. The highest BCUT2D eigenvalue weighted by Crippen LogP contribution is 2.34. The van der Waals surface area contributed by atoms with Gasteiger partial charge in [0.15, 0.2) is 5.65 Å². The van der Waals surface area contributed by atoms with Gasteiger partial charge in [0.05, 0.1) is 18.8 Å². The standard InChI is InChI=1S/C26H33N5O2/c1-17-21(12-13-26(32)28-20-10-11-20)18(2)31-25(27-17)15-22(29-31)23-8-6-14-30(23)16-19-7-4-5-9-24(19)33-3/h4-5,7,9,15,20,23H,6,8,10-14,16H2,1-3H3,(H,28,32)/t23-/m0/s1. The van der Waals surface area contributed by atoms with E-state index in [1.165, 1.54) is 5.56 Å². The van der Waals surface area contributed by atoms with Gasteiger partial charge in [0, 0.05) is 42.0 Å². The monoisotopic (exact) mass is 447 g/mol. The predicted octanol–water partition coefficient (Wildman–Crippen LogP) is 3.90. The molecule has 7 nitrogen and oxygen atoms in total. The summed E-state index contributed by atoms with van der Waals surface area (Å²) >= 11 is 0. The van der Waals surface area contributed by atoms with Crippen LogP contribution in [0.15, 0.2) is 30.3 Å². The average Bonchev–Trinajstić information content (AvgIpc) is 3.32. The molecule has 3 aromatic rings. The number of carbonyl (C=O) groups excluding carboxylic acids is 1. The molecule has 1 aliphatic heterocycles. The number of para-hydroxylation sites is 1. The van der Waals surface area contributed by atoms with Gasteiger partial charge in [-0.2, -0.15) is 5.10 Å². The summed E-state index contributed by atoms with van der Waals surface area (Å²) in [5.74, 6) is 1.07. The van der Waals surface area contributed by atoms with Crippen molar-refractivity contribution in [1.29, 1.82) is 0 Å². The number of ether oxygens (including phenoxy) is 1. The molecule has 1 aliphatic carbocycles. The Morgan fingerprint density at radius 3 is 2.82 bits per heavy atom. The first-order valence-corrected chi connectivity index (χ1v) is 12.0.